The molecule has 0 radical (unpaired) electrons. The molecule has 7 aromatic rings. The van der Waals surface area contributed by atoms with E-state index in [0.29, 0.717) is 0 Å². The molecule has 2 heterocycles. The lowest BCUT2D eigenvalue weighted by Gasteiger charge is -2.07. The molecule has 1 aliphatic rings. The van der Waals surface area contributed by atoms with Crippen molar-refractivity contribution in [1.29, 1.82) is 0 Å². The number of para-hydroxylation sites is 1. The SMILES string of the molecule is CC.CCn1c2ccccc2c2cc(/C=C/c3ccc(-c4ccc(/C=C/c5ccc6c(c5)c5c(n6C)CCC=C5)cc4)cc3)ccc21. The molecule has 0 atom stereocenters. The van der Waals surface area contributed by atoms with E-state index in [-0.39, 0.29) is 0 Å². The number of nitrogens with zero attached hydrogens (tertiary/aromatic N) is 2. The summed E-state index contributed by atoms with van der Waals surface area (Å²) in [6.07, 6.45) is 15.7. The third-order valence-corrected chi connectivity index (χ3v) is 9.42. The van der Waals surface area contributed by atoms with Gasteiger partial charge in [-0.2, -0.15) is 0 Å². The van der Waals surface area contributed by atoms with E-state index >= 15 is 0 Å². The van der Waals surface area contributed by atoms with Gasteiger partial charge in [0.1, 0.15) is 0 Å². The Morgan fingerprint density at radius 1 is 0.574 bits per heavy atom. The first-order valence-electron chi connectivity index (χ1n) is 17.0. The molecule has 0 aliphatic heterocycles. The lowest BCUT2D eigenvalue weighted by molar-refractivity contribution is 0.824. The highest BCUT2D eigenvalue weighted by molar-refractivity contribution is 6.08. The largest absolute Gasteiger partial charge is 0.347 e. The van der Waals surface area contributed by atoms with Crippen LogP contribution in [0.5, 0.6) is 0 Å². The van der Waals surface area contributed by atoms with E-state index in [1.807, 2.05) is 13.8 Å². The second-order valence-electron chi connectivity index (χ2n) is 12.1. The molecular formula is C45H42N2. The maximum atomic E-state index is 2.40. The Morgan fingerprint density at radius 2 is 1.11 bits per heavy atom. The topological polar surface area (TPSA) is 9.86 Å². The Kier molecular flexibility index (Phi) is 8.50. The summed E-state index contributed by atoms with van der Waals surface area (Å²) in [5.74, 6) is 0. The van der Waals surface area contributed by atoms with Gasteiger partial charge in [0.2, 0.25) is 0 Å². The van der Waals surface area contributed by atoms with Gasteiger partial charge >= 0.3 is 0 Å². The van der Waals surface area contributed by atoms with Crippen LogP contribution in [0.25, 0.3) is 74.2 Å². The van der Waals surface area contributed by atoms with Crippen LogP contribution in [0.1, 0.15) is 60.7 Å². The van der Waals surface area contributed by atoms with Crippen molar-refractivity contribution in [2.24, 2.45) is 7.05 Å². The smallest absolute Gasteiger partial charge is 0.0491 e. The summed E-state index contributed by atoms with van der Waals surface area (Å²) >= 11 is 0. The van der Waals surface area contributed by atoms with Gasteiger partial charge in [-0.3, -0.25) is 0 Å². The molecule has 1 aliphatic carbocycles. The molecule has 2 heteroatoms. The summed E-state index contributed by atoms with van der Waals surface area (Å²) in [4.78, 5) is 0. The minimum absolute atomic E-state index is 0.968. The Balaban J connectivity index is 0.00000172. The lowest BCUT2D eigenvalue weighted by Crippen LogP contribution is -1.99. The van der Waals surface area contributed by atoms with Gasteiger partial charge in [-0.05, 0) is 83.5 Å². The first-order valence-corrected chi connectivity index (χ1v) is 17.0. The summed E-state index contributed by atoms with van der Waals surface area (Å²) in [6.45, 7) is 7.18. The van der Waals surface area contributed by atoms with Crippen molar-refractivity contribution in [3.63, 3.8) is 0 Å². The number of benzene rings is 5. The van der Waals surface area contributed by atoms with Crippen molar-refractivity contribution in [2.45, 2.75) is 40.2 Å². The number of aromatic nitrogens is 2. The molecule has 8 rings (SSSR count). The monoisotopic (exact) mass is 610 g/mol. The van der Waals surface area contributed by atoms with Crippen molar-refractivity contribution in [3.05, 3.63) is 149 Å². The molecule has 0 saturated heterocycles. The molecule has 0 bridgehead atoms. The number of aryl methyl sites for hydroxylation is 2. The molecule has 0 spiro atoms. The van der Waals surface area contributed by atoms with E-state index in [1.54, 1.807) is 0 Å². The van der Waals surface area contributed by atoms with Gasteiger partial charge in [0.05, 0.1) is 0 Å². The van der Waals surface area contributed by atoms with Crippen LogP contribution < -0.4 is 0 Å². The Hall–Kier alpha value is -5.34. The molecule has 0 N–H and O–H groups in total. The van der Waals surface area contributed by atoms with Gasteiger partial charge in [-0.1, -0.05) is 129 Å². The highest BCUT2D eigenvalue weighted by atomic mass is 15.0. The number of hydrogen-bond donors (Lipinski definition) is 0. The van der Waals surface area contributed by atoms with Crippen molar-refractivity contribution in [1.82, 2.24) is 9.13 Å². The maximum Gasteiger partial charge on any atom is 0.0491 e. The van der Waals surface area contributed by atoms with Crippen LogP contribution in [0.15, 0.2) is 115 Å². The standard InChI is InChI=1S/C43H36N2.C2H6/c1-3-45-42-11-7-5-9-37(42)39-29-33(21-27-43(39)45)15-13-31-18-24-35(25-19-31)34-22-16-30(17-23-34)12-14-32-20-26-41-38(28-32)36-8-4-6-10-40(36)44(41)2;1-2/h4-5,7-9,11-29H,3,6,10H2,1-2H3;1-2H3/b14-12+,15-13+;. The number of hydrogen-bond acceptors (Lipinski definition) is 0. The van der Waals surface area contributed by atoms with Gasteiger partial charge in [0, 0.05) is 57.6 Å². The summed E-state index contributed by atoms with van der Waals surface area (Å²) in [6, 6.07) is 40.0. The molecule has 0 unspecified atom stereocenters. The van der Waals surface area contributed by atoms with Crippen LogP contribution in [-0.2, 0) is 20.0 Å². The second kappa shape index (κ2) is 13.2. The Bertz CT molecular complexity index is 2280. The first kappa shape index (κ1) is 30.3. The molecule has 0 amide bonds. The van der Waals surface area contributed by atoms with E-state index in [9.17, 15) is 0 Å². The number of fused-ring (bicyclic) bond motifs is 6. The molecule has 5 aromatic carbocycles. The minimum atomic E-state index is 0.968. The van der Waals surface area contributed by atoms with Crippen LogP contribution in [0.3, 0.4) is 0 Å². The zero-order valence-corrected chi connectivity index (χ0v) is 27.9. The van der Waals surface area contributed by atoms with Crippen LogP contribution >= 0.6 is 0 Å². The van der Waals surface area contributed by atoms with Gasteiger partial charge in [-0.25, -0.2) is 0 Å². The zero-order chi connectivity index (χ0) is 32.3. The molecule has 0 fully saturated rings. The average Bonchev–Trinajstić information content (AvgIpc) is 3.61. The zero-order valence-electron chi connectivity index (χ0n) is 27.9. The van der Waals surface area contributed by atoms with E-state index in [0.717, 1.165) is 19.4 Å². The predicted molar refractivity (Wildman–Crippen MR) is 206 cm³/mol. The first-order chi connectivity index (χ1) is 23.2. The fourth-order valence-corrected chi connectivity index (χ4v) is 7.03. The highest BCUT2D eigenvalue weighted by Crippen LogP contribution is 2.32. The van der Waals surface area contributed by atoms with Crippen molar-refractivity contribution < 1.29 is 0 Å². The third kappa shape index (κ3) is 5.77. The van der Waals surface area contributed by atoms with E-state index in [4.69, 9.17) is 0 Å². The predicted octanol–water partition coefficient (Wildman–Crippen LogP) is 12.3. The van der Waals surface area contributed by atoms with Crippen LogP contribution in [0.4, 0.5) is 0 Å². The molecule has 0 saturated carbocycles. The van der Waals surface area contributed by atoms with E-state index in [1.165, 1.54) is 77.3 Å². The van der Waals surface area contributed by atoms with E-state index < -0.39 is 0 Å². The quantitative estimate of drug-likeness (QED) is 0.166. The number of rotatable bonds is 6. The highest BCUT2D eigenvalue weighted by Gasteiger charge is 2.15. The third-order valence-electron chi connectivity index (χ3n) is 9.42. The molecular weight excluding hydrogens is 569 g/mol. The summed E-state index contributed by atoms with van der Waals surface area (Å²) in [7, 11) is 2.19. The Labute approximate surface area is 278 Å². The van der Waals surface area contributed by atoms with Crippen LogP contribution in [0.2, 0.25) is 0 Å². The fourth-order valence-electron chi connectivity index (χ4n) is 7.03. The Morgan fingerprint density at radius 3 is 1.74 bits per heavy atom. The summed E-state index contributed by atoms with van der Waals surface area (Å²) < 4.78 is 4.75. The molecule has 2 aromatic heterocycles. The van der Waals surface area contributed by atoms with Gasteiger partial charge in [-0.15, -0.1) is 0 Å². The van der Waals surface area contributed by atoms with Gasteiger partial charge in [0.25, 0.3) is 0 Å². The molecule has 2 nitrogen and oxygen atoms in total. The van der Waals surface area contributed by atoms with Crippen LogP contribution in [0, 0.1) is 0 Å². The number of allylic oxidation sites excluding steroid dienone is 1. The molecule has 47 heavy (non-hydrogen) atoms. The van der Waals surface area contributed by atoms with Gasteiger partial charge < -0.3 is 9.13 Å². The summed E-state index contributed by atoms with van der Waals surface area (Å²) in [5.41, 5.74) is 14.0. The molecule has 232 valence electrons. The maximum absolute atomic E-state index is 2.40. The lowest BCUT2D eigenvalue weighted by atomic mass is 10.0. The van der Waals surface area contributed by atoms with Gasteiger partial charge in [0.15, 0.2) is 0 Å². The van der Waals surface area contributed by atoms with Crippen molar-refractivity contribution in [3.8, 4) is 11.1 Å². The van der Waals surface area contributed by atoms with Crippen molar-refractivity contribution >= 4 is 63.1 Å². The van der Waals surface area contributed by atoms with Crippen molar-refractivity contribution in [2.75, 3.05) is 0 Å². The minimum Gasteiger partial charge on any atom is -0.347 e. The summed E-state index contributed by atoms with van der Waals surface area (Å²) in [5, 5.41) is 3.98. The fraction of sp³-hybridized carbons (Fsp3) is 0.156. The van der Waals surface area contributed by atoms with Crippen LogP contribution in [-0.4, -0.2) is 9.13 Å². The van der Waals surface area contributed by atoms with E-state index in [2.05, 4.69) is 169 Å². The normalized spacial score (nSPS) is 12.8. The second-order valence-corrected chi connectivity index (χ2v) is 12.1. The average molecular weight is 611 g/mol.